The zero-order valence-corrected chi connectivity index (χ0v) is 17.3. The van der Waals surface area contributed by atoms with Crippen molar-refractivity contribution in [2.24, 2.45) is 5.10 Å². The number of benzene rings is 2. The number of hydrogen-bond donors (Lipinski definition) is 3. The van der Waals surface area contributed by atoms with Gasteiger partial charge in [0.15, 0.2) is 11.5 Å². The van der Waals surface area contributed by atoms with E-state index in [4.69, 9.17) is 9.47 Å². The molecular weight excluding hydrogens is 398 g/mol. The highest BCUT2D eigenvalue weighted by Gasteiger charge is 2.13. The van der Waals surface area contributed by atoms with Crippen LogP contribution in [0.5, 0.6) is 17.2 Å². The van der Waals surface area contributed by atoms with Crippen molar-refractivity contribution in [3.05, 3.63) is 72.8 Å². The van der Waals surface area contributed by atoms with E-state index >= 15 is 0 Å². The lowest BCUT2D eigenvalue weighted by Gasteiger charge is -2.10. The predicted molar refractivity (Wildman–Crippen MR) is 120 cm³/mol. The second kappa shape index (κ2) is 11.8. The summed E-state index contributed by atoms with van der Waals surface area (Å²) < 4.78 is 10.8. The highest BCUT2D eigenvalue weighted by atomic mass is 16.5. The average molecular weight is 423 g/mol. The van der Waals surface area contributed by atoms with Crippen LogP contribution in [0.2, 0.25) is 0 Å². The first kappa shape index (κ1) is 23.2. The van der Waals surface area contributed by atoms with Crippen LogP contribution in [0, 0.1) is 0 Å². The summed E-state index contributed by atoms with van der Waals surface area (Å²) >= 11 is 0. The summed E-state index contributed by atoms with van der Waals surface area (Å²) in [5, 5.41) is 16.5. The second-order valence-corrected chi connectivity index (χ2v) is 6.23. The summed E-state index contributed by atoms with van der Waals surface area (Å²) in [5.74, 6) is -0.859. The molecule has 31 heavy (non-hydrogen) atoms. The van der Waals surface area contributed by atoms with Crippen molar-refractivity contribution in [2.45, 2.75) is 13.3 Å². The summed E-state index contributed by atoms with van der Waals surface area (Å²) in [6.07, 6.45) is 5.05. The summed E-state index contributed by atoms with van der Waals surface area (Å²) in [5.41, 5.74) is 3.78. The molecule has 8 heteroatoms. The number of carbonyl (C=O) groups is 2. The number of nitrogens with zero attached hydrogens (tertiary/aromatic N) is 1. The molecule has 0 fully saturated rings. The first-order valence-corrected chi connectivity index (χ1v) is 9.56. The summed E-state index contributed by atoms with van der Waals surface area (Å²) in [6, 6.07) is 9.81. The van der Waals surface area contributed by atoms with Gasteiger partial charge in [0.25, 0.3) is 0 Å². The molecule has 2 aromatic carbocycles. The molecule has 0 aliphatic heterocycles. The zero-order chi connectivity index (χ0) is 22.6. The number of ether oxygens (including phenoxy) is 2. The van der Waals surface area contributed by atoms with Gasteiger partial charge in [-0.2, -0.15) is 5.10 Å². The number of rotatable bonds is 10. The quantitative estimate of drug-likeness (QED) is 0.235. The molecular formula is C23H25N3O5. The smallest absolute Gasteiger partial charge is 0.329 e. The third-order valence-electron chi connectivity index (χ3n) is 3.91. The van der Waals surface area contributed by atoms with Crippen molar-refractivity contribution >= 4 is 23.7 Å². The third kappa shape index (κ3) is 7.04. The van der Waals surface area contributed by atoms with Gasteiger partial charge in [0.2, 0.25) is 0 Å². The van der Waals surface area contributed by atoms with Crippen LogP contribution in [0.1, 0.15) is 18.1 Å². The van der Waals surface area contributed by atoms with E-state index in [0.29, 0.717) is 47.9 Å². The topological polar surface area (TPSA) is 109 Å². The fourth-order valence-electron chi connectivity index (χ4n) is 2.53. The second-order valence-electron chi connectivity index (χ2n) is 6.23. The van der Waals surface area contributed by atoms with E-state index in [9.17, 15) is 14.7 Å². The van der Waals surface area contributed by atoms with Gasteiger partial charge in [-0.1, -0.05) is 18.7 Å². The van der Waals surface area contributed by atoms with Gasteiger partial charge < -0.3 is 19.9 Å². The number of phenolic OH excluding ortho intramolecular Hbond substituents is 1. The van der Waals surface area contributed by atoms with Gasteiger partial charge in [-0.25, -0.2) is 5.43 Å². The van der Waals surface area contributed by atoms with Crippen molar-refractivity contribution in [3.63, 3.8) is 0 Å². The molecule has 0 radical (unpaired) electrons. The fourth-order valence-corrected chi connectivity index (χ4v) is 2.53. The molecule has 0 atom stereocenters. The van der Waals surface area contributed by atoms with E-state index in [0.717, 1.165) is 0 Å². The van der Waals surface area contributed by atoms with E-state index in [1.807, 2.05) is 0 Å². The Morgan fingerprint density at radius 1 is 1.10 bits per heavy atom. The number of hydrazone groups is 1. The van der Waals surface area contributed by atoms with Crippen LogP contribution in [0.15, 0.2) is 66.8 Å². The Balaban J connectivity index is 1.98. The molecule has 2 aromatic rings. The number of nitrogens with one attached hydrogen (secondary N) is 2. The van der Waals surface area contributed by atoms with Gasteiger partial charge in [-0.05, 0) is 55.3 Å². The van der Waals surface area contributed by atoms with Crippen LogP contribution in [-0.2, 0) is 16.0 Å². The molecule has 0 heterocycles. The Morgan fingerprint density at radius 3 is 2.48 bits per heavy atom. The van der Waals surface area contributed by atoms with E-state index in [1.54, 1.807) is 55.5 Å². The Labute approximate surface area is 180 Å². The van der Waals surface area contributed by atoms with Crippen LogP contribution in [0.4, 0.5) is 5.69 Å². The van der Waals surface area contributed by atoms with Crippen molar-refractivity contribution in [1.29, 1.82) is 0 Å². The van der Waals surface area contributed by atoms with E-state index < -0.39 is 11.8 Å². The SMILES string of the molecule is C=CCOc1ccc(NC(=O)C(=O)N/N=C/c2cc(CC=C)c(O)c(OCC)c2)cc1. The Bertz CT molecular complexity index is 968. The number of hydrogen-bond acceptors (Lipinski definition) is 6. The van der Waals surface area contributed by atoms with E-state index in [-0.39, 0.29) is 5.75 Å². The minimum atomic E-state index is -0.932. The van der Waals surface area contributed by atoms with Gasteiger partial charge in [-0.15, -0.1) is 6.58 Å². The number of carbonyl (C=O) groups excluding carboxylic acids is 2. The molecule has 8 nitrogen and oxygen atoms in total. The maximum atomic E-state index is 12.0. The molecule has 0 aliphatic rings. The first-order valence-electron chi connectivity index (χ1n) is 9.56. The standard InChI is InChI=1S/C23H25N3O5/c1-4-7-17-13-16(14-20(21(17)27)30-6-3)15-24-26-23(29)22(28)25-18-8-10-19(11-9-18)31-12-5-2/h4-5,8-11,13-15,27H,1-2,6-7,12H2,3H3,(H,25,28)(H,26,29)/b24-15+. The largest absolute Gasteiger partial charge is 0.504 e. The summed E-state index contributed by atoms with van der Waals surface area (Å²) in [4.78, 5) is 24.0. The van der Waals surface area contributed by atoms with Crippen molar-refractivity contribution in [3.8, 4) is 17.2 Å². The summed E-state index contributed by atoms with van der Waals surface area (Å²) in [7, 11) is 0. The molecule has 0 unspecified atom stereocenters. The Morgan fingerprint density at radius 2 is 1.84 bits per heavy atom. The molecule has 2 rings (SSSR count). The van der Waals surface area contributed by atoms with Crippen LogP contribution in [0.3, 0.4) is 0 Å². The van der Waals surface area contributed by atoms with Gasteiger partial charge in [0, 0.05) is 11.3 Å². The molecule has 0 aromatic heterocycles. The molecule has 0 bridgehead atoms. The van der Waals surface area contributed by atoms with E-state index in [1.165, 1.54) is 6.21 Å². The lowest BCUT2D eigenvalue weighted by atomic mass is 10.1. The predicted octanol–water partition coefficient (Wildman–Crippen LogP) is 3.17. The van der Waals surface area contributed by atoms with Crippen molar-refractivity contribution in [2.75, 3.05) is 18.5 Å². The molecule has 2 amide bonds. The van der Waals surface area contributed by atoms with Crippen LogP contribution in [0.25, 0.3) is 0 Å². The maximum Gasteiger partial charge on any atom is 0.329 e. The lowest BCUT2D eigenvalue weighted by molar-refractivity contribution is -0.136. The zero-order valence-electron chi connectivity index (χ0n) is 17.3. The van der Waals surface area contributed by atoms with Gasteiger partial charge >= 0.3 is 11.8 Å². The monoisotopic (exact) mass is 423 g/mol. The van der Waals surface area contributed by atoms with Crippen molar-refractivity contribution < 1.29 is 24.2 Å². The highest BCUT2D eigenvalue weighted by molar-refractivity contribution is 6.39. The number of anilines is 1. The number of allylic oxidation sites excluding steroid dienone is 1. The maximum absolute atomic E-state index is 12.0. The van der Waals surface area contributed by atoms with Crippen LogP contribution >= 0.6 is 0 Å². The lowest BCUT2D eigenvalue weighted by Crippen LogP contribution is -2.32. The van der Waals surface area contributed by atoms with E-state index in [2.05, 4.69) is 29.0 Å². The molecule has 3 N–H and O–H groups in total. The fraction of sp³-hybridized carbons (Fsp3) is 0.174. The van der Waals surface area contributed by atoms with Crippen LogP contribution in [-0.4, -0.2) is 36.3 Å². The molecule has 162 valence electrons. The van der Waals surface area contributed by atoms with Crippen molar-refractivity contribution in [1.82, 2.24) is 5.43 Å². The molecule has 0 spiro atoms. The normalized spacial score (nSPS) is 10.4. The molecule has 0 saturated carbocycles. The van der Waals surface area contributed by atoms with Gasteiger partial charge in [-0.3, -0.25) is 9.59 Å². The van der Waals surface area contributed by atoms with Gasteiger partial charge in [0.05, 0.1) is 12.8 Å². The minimum Gasteiger partial charge on any atom is -0.504 e. The van der Waals surface area contributed by atoms with Gasteiger partial charge in [0.1, 0.15) is 12.4 Å². The van der Waals surface area contributed by atoms with Crippen LogP contribution < -0.4 is 20.2 Å². The number of phenols is 1. The molecule has 0 saturated heterocycles. The first-order chi connectivity index (χ1) is 15.0. The minimum absolute atomic E-state index is 0.0308. The average Bonchev–Trinajstić information content (AvgIpc) is 2.76. The Kier molecular flexibility index (Phi) is 8.85. The Hall–Kier alpha value is -4.07. The number of amides is 2. The number of aromatic hydroxyl groups is 1. The third-order valence-corrected chi connectivity index (χ3v) is 3.91. The molecule has 0 aliphatic carbocycles. The summed E-state index contributed by atoms with van der Waals surface area (Å²) in [6.45, 7) is 9.77. The highest BCUT2D eigenvalue weighted by Crippen LogP contribution is 2.31.